The SMILES string of the molecule is CC(C)(C)C(P)[C@H]1CCCC[C@H]1C(P)C(C)(C)C. The Hall–Kier alpha value is 0.860. The van der Waals surface area contributed by atoms with Crippen molar-refractivity contribution in [1.82, 2.24) is 0 Å². The van der Waals surface area contributed by atoms with Crippen molar-refractivity contribution in [2.75, 3.05) is 0 Å². The summed E-state index contributed by atoms with van der Waals surface area (Å²) in [6, 6.07) is 0. The summed E-state index contributed by atoms with van der Waals surface area (Å²) in [6.45, 7) is 14.4. The fourth-order valence-electron chi connectivity index (χ4n) is 3.36. The number of hydrogen-bond acceptors (Lipinski definition) is 0. The summed E-state index contributed by atoms with van der Waals surface area (Å²) in [7, 11) is 6.34. The third-order valence-electron chi connectivity index (χ3n) is 4.80. The molecule has 0 saturated heterocycles. The first-order chi connectivity index (χ1) is 8.05. The molecule has 0 nitrogen and oxygen atoms in total. The Labute approximate surface area is 120 Å². The van der Waals surface area contributed by atoms with Gasteiger partial charge >= 0.3 is 0 Å². The van der Waals surface area contributed by atoms with Gasteiger partial charge in [0.15, 0.2) is 0 Å². The molecule has 0 bridgehead atoms. The van der Waals surface area contributed by atoms with E-state index in [1.165, 1.54) is 25.7 Å². The maximum atomic E-state index is 3.17. The largest absolute Gasteiger partial charge is 0.134 e. The van der Waals surface area contributed by atoms with Gasteiger partial charge in [-0.3, -0.25) is 0 Å². The molecule has 1 aliphatic rings. The fourth-order valence-corrected chi connectivity index (χ4v) is 4.32. The highest BCUT2D eigenvalue weighted by atomic mass is 31.0. The summed E-state index contributed by atoms with van der Waals surface area (Å²) >= 11 is 0. The van der Waals surface area contributed by atoms with E-state index in [-0.39, 0.29) is 0 Å². The summed E-state index contributed by atoms with van der Waals surface area (Å²) in [5.74, 6) is 1.76. The lowest BCUT2D eigenvalue weighted by Crippen LogP contribution is -2.42. The van der Waals surface area contributed by atoms with E-state index in [1.54, 1.807) is 0 Å². The molecule has 108 valence electrons. The van der Waals surface area contributed by atoms with Crippen molar-refractivity contribution < 1.29 is 0 Å². The van der Waals surface area contributed by atoms with Gasteiger partial charge in [-0.15, -0.1) is 18.5 Å². The maximum absolute atomic E-state index is 3.17. The zero-order chi connectivity index (χ0) is 14.1. The minimum Gasteiger partial charge on any atom is -0.134 e. The van der Waals surface area contributed by atoms with Gasteiger partial charge < -0.3 is 0 Å². The standard InChI is InChI=1S/C16H34P2/c1-15(2,3)13(17)11-9-7-8-10-12(11)14(18)16(4,5)6/h11-14H,7-10,17-18H2,1-6H3/t11-,12+,13?,14?. The normalized spacial score (nSPS) is 30.0. The average Bonchev–Trinajstić information content (AvgIpc) is 2.24. The lowest BCUT2D eigenvalue weighted by molar-refractivity contribution is 0.140. The summed E-state index contributed by atoms with van der Waals surface area (Å²) < 4.78 is 0. The second kappa shape index (κ2) is 6.10. The summed E-state index contributed by atoms with van der Waals surface area (Å²) in [5.41, 5.74) is 2.31. The van der Waals surface area contributed by atoms with E-state index in [4.69, 9.17) is 0 Å². The molecule has 0 aromatic heterocycles. The van der Waals surface area contributed by atoms with Crippen LogP contribution in [-0.2, 0) is 0 Å². The van der Waals surface area contributed by atoms with Crippen LogP contribution >= 0.6 is 18.5 Å². The Kier molecular flexibility index (Phi) is 5.73. The van der Waals surface area contributed by atoms with Crippen molar-refractivity contribution in [2.24, 2.45) is 22.7 Å². The molecule has 1 aliphatic carbocycles. The molecule has 0 radical (unpaired) electrons. The van der Waals surface area contributed by atoms with Crippen LogP contribution in [0.1, 0.15) is 67.2 Å². The van der Waals surface area contributed by atoms with Crippen LogP contribution in [0.25, 0.3) is 0 Å². The molecule has 4 unspecified atom stereocenters. The molecule has 2 heteroatoms. The van der Waals surface area contributed by atoms with Gasteiger partial charge in [0.1, 0.15) is 0 Å². The average molecular weight is 288 g/mol. The molecule has 0 spiro atoms. The molecule has 0 amide bonds. The Morgan fingerprint density at radius 3 is 1.22 bits per heavy atom. The van der Waals surface area contributed by atoms with E-state index in [1.807, 2.05) is 0 Å². The zero-order valence-electron chi connectivity index (χ0n) is 13.3. The molecule has 18 heavy (non-hydrogen) atoms. The van der Waals surface area contributed by atoms with Crippen LogP contribution in [0.5, 0.6) is 0 Å². The monoisotopic (exact) mass is 288 g/mol. The van der Waals surface area contributed by atoms with E-state index >= 15 is 0 Å². The zero-order valence-corrected chi connectivity index (χ0v) is 15.6. The molecular formula is C16H34P2. The van der Waals surface area contributed by atoms with Gasteiger partial charge in [0.2, 0.25) is 0 Å². The number of hydrogen-bond donors (Lipinski definition) is 0. The fraction of sp³-hybridized carbons (Fsp3) is 1.00. The van der Waals surface area contributed by atoms with Gasteiger partial charge in [0, 0.05) is 0 Å². The van der Waals surface area contributed by atoms with Crippen LogP contribution in [0.2, 0.25) is 0 Å². The highest BCUT2D eigenvalue weighted by Crippen LogP contribution is 2.48. The Balaban J connectivity index is 2.87. The van der Waals surface area contributed by atoms with Gasteiger partial charge in [-0.1, -0.05) is 54.4 Å². The lowest BCUT2D eigenvalue weighted by atomic mass is 9.66. The highest BCUT2D eigenvalue weighted by molar-refractivity contribution is 7.18. The minimum absolute atomic E-state index is 0.410. The van der Waals surface area contributed by atoms with Gasteiger partial charge in [-0.25, -0.2) is 0 Å². The predicted molar refractivity (Wildman–Crippen MR) is 91.4 cm³/mol. The van der Waals surface area contributed by atoms with E-state index in [2.05, 4.69) is 60.0 Å². The van der Waals surface area contributed by atoms with E-state index in [0.717, 1.165) is 23.2 Å². The number of rotatable bonds is 2. The quantitative estimate of drug-likeness (QED) is 0.599. The predicted octanol–water partition coefficient (Wildman–Crippen LogP) is 5.37. The molecule has 0 heterocycles. The highest BCUT2D eigenvalue weighted by Gasteiger charge is 2.40. The van der Waals surface area contributed by atoms with Gasteiger partial charge in [0.25, 0.3) is 0 Å². The van der Waals surface area contributed by atoms with Crippen LogP contribution in [0.4, 0.5) is 0 Å². The van der Waals surface area contributed by atoms with E-state index in [9.17, 15) is 0 Å². The van der Waals surface area contributed by atoms with E-state index < -0.39 is 0 Å². The van der Waals surface area contributed by atoms with Gasteiger partial charge in [-0.2, -0.15) is 0 Å². The summed E-state index contributed by atoms with van der Waals surface area (Å²) in [5, 5.41) is 0. The second-order valence-electron chi connectivity index (χ2n) is 8.40. The molecule has 6 atom stereocenters. The van der Waals surface area contributed by atoms with Crippen LogP contribution in [-0.4, -0.2) is 11.3 Å². The first-order valence-corrected chi connectivity index (χ1v) is 8.89. The summed E-state index contributed by atoms with van der Waals surface area (Å²) in [4.78, 5) is 0. The maximum Gasteiger partial charge on any atom is -0.0184 e. The van der Waals surface area contributed by atoms with Crippen molar-refractivity contribution in [3.63, 3.8) is 0 Å². The Morgan fingerprint density at radius 2 is 1.00 bits per heavy atom. The third-order valence-corrected chi connectivity index (χ3v) is 7.79. The first kappa shape index (κ1) is 16.9. The van der Waals surface area contributed by atoms with Gasteiger partial charge in [0.05, 0.1) is 0 Å². The minimum atomic E-state index is 0.410. The molecular weight excluding hydrogens is 254 g/mol. The summed E-state index contributed by atoms with van der Waals surface area (Å²) in [6.07, 6.45) is 5.72. The van der Waals surface area contributed by atoms with Gasteiger partial charge in [-0.05, 0) is 46.8 Å². The molecule has 0 aliphatic heterocycles. The van der Waals surface area contributed by atoms with Crippen molar-refractivity contribution in [3.05, 3.63) is 0 Å². The van der Waals surface area contributed by atoms with Crippen LogP contribution in [0, 0.1) is 22.7 Å². The van der Waals surface area contributed by atoms with Crippen LogP contribution < -0.4 is 0 Å². The molecule has 0 N–H and O–H groups in total. The van der Waals surface area contributed by atoms with Crippen LogP contribution in [0.15, 0.2) is 0 Å². The van der Waals surface area contributed by atoms with Crippen LogP contribution in [0.3, 0.4) is 0 Å². The lowest BCUT2D eigenvalue weighted by Gasteiger charge is -2.46. The topological polar surface area (TPSA) is 0 Å². The molecule has 1 fully saturated rings. The van der Waals surface area contributed by atoms with Crippen molar-refractivity contribution in [1.29, 1.82) is 0 Å². The molecule has 1 rings (SSSR count). The Bertz CT molecular complexity index is 231. The van der Waals surface area contributed by atoms with Crippen molar-refractivity contribution in [2.45, 2.75) is 78.5 Å². The molecule has 1 saturated carbocycles. The smallest absolute Gasteiger partial charge is 0.0184 e. The molecule has 0 aromatic rings. The Morgan fingerprint density at radius 1 is 0.722 bits per heavy atom. The van der Waals surface area contributed by atoms with Crippen molar-refractivity contribution in [3.8, 4) is 0 Å². The van der Waals surface area contributed by atoms with E-state index in [0.29, 0.717) is 10.8 Å². The molecule has 0 aromatic carbocycles. The second-order valence-corrected chi connectivity index (χ2v) is 9.83. The first-order valence-electron chi connectivity index (χ1n) is 7.56. The third kappa shape index (κ3) is 4.18. The van der Waals surface area contributed by atoms with Crippen molar-refractivity contribution >= 4 is 18.5 Å².